The first-order chi connectivity index (χ1) is 14.6. The van der Waals surface area contributed by atoms with Crippen molar-refractivity contribution in [2.45, 2.75) is 13.0 Å². The molecule has 2 aliphatic heterocycles. The second kappa shape index (κ2) is 7.71. The third-order valence-electron chi connectivity index (χ3n) is 4.94. The predicted octanol–water partition coefficient (Wildman–Crippen LogP) is 3.56. The number of aromatic nitrogens is 3. The minimum absolute atomic E-state index is 0.0577. The van der Waals surface area contributed by atoms with Crippen molar-refractivity contribution in [3.63, 3.8) is 0 Å². The topological polar surface area (TPSA) is 92.3 Å². The van der Waals surface area contributed by atoms with Gasteiger partial charge in [-0.1, -0.05) is 29.3 Å². The van der Waals surface area contributed by atoms with Crippen LogP contribution >= 0.6 is 23.2 Å². The van der Waals surface area contributed by atoms with Crippen molar-refractivity contribution in [1.82, 2.24) is 20.3 Å². The minimum Gasteiger partial charge on any atom is -0.455 e. The molecule has 0 spiro atoms. The summed E-state index contributed by atoms with van der Waals surface area (Å²) in [6.07, 6.45) is 4.09. The van der Waals surface area contributed by atoms with Crippen LogP contribution in [0.2, 0.25) is 10.0 Å². The van der Waals surface area contributed by atoms with E-state index < -0.39 is 0 Å². The van der Waals surface area contributed by atoms with Crippen molar-refractivity contribution in [3.05, 3.63) is 63.5 Å². The van der Waals surface area contributed by atoms with Crippen molar-refractivity contribution in [2.75, 3.05) is 23.5 Å². The molecule has 1 amide bonds. The Bertz CT molecular complexity index is 1140. The van der Waals surface area contributed by atoms with E-state index in [2.05, 4.69) is 25.6 Å². The lowest BCUT2D eigenvalue weighted by atomic mass is 10.1. The molecule has 1 aromatic carbocycles. The lowest BCUT2D eigenvalue weighted by Crippen LogP contribution is -2.39. The molecule has 0 radical (unpaired) electrons. The van der Waals surface area contributed by atoms with Gasteiger partial charge in [-0.05, 0) is 23.8 Å². The number of anilines is 3. The number of halogens is 2. The molecule has 0 unspecified atom stereocenters. The zero-order valence-electron chi connectivity index (χ0n) is 15.7. The first-order valence-electron chi connectivity index (χ1n) is 9.31. The highest BCUT2D eigenvalue weighted by molar-refractivity contribution is 6.40. The van der Waals surface area contributed by atoms with Crippen LogP contribution in [0.5, 0.6) is 5.88 Å². The fourth-order valence-electron chi connectivity index (χ4n) is 3.47. The number of hydrogen-bond donors (Lipinski definition) is 2. The van der Waals surface area contributed by atoms with E-state index in [9.17, 15) is 4.79 Å². The molecular weight excluding hydrogens is 427 g/mol. The molecule has 0 aliphatic carbocycles. The summed E-state index contributed by atoms with van der Waals surface area (Å²) in [4.78, 5) is 27.4. The summed E-state index contributed by atoms with van der Waals surface area (Å²) in [7, 11) is 0. The lowest BCUT2D eigenvalue weighted by molar-refractivity contribution is 0.0932. The number of nitrogens with zero attached hydrogens (tertiary/aromatic N) is 4. The summed E-state index contributed by atoms with van der Waals surface area (Å²) in [6.45, 7) is 1.65. The largest absolute Gasteiger partial charge is 0.455 e. The molecule has 0 bridgehead atoms. The SMILES string of the molecule is O=C1c2cnc(Nc3cnc4c(c3)CNCC4)nc2OCN1c1c(Cl)cccc1Cl. The zero-order chi connectivity index (χ0) is 20.7. The van der Waals surface area contributed by atoms with Crippen molar-refractivity contribution < 1.29 is 9.53 Å². The Kier molecular flexibility index (Phi) is 4.90. The number of hydrogen-bond acceptors (Lipinski definition) is 7. The molecule has 2 aromatic heterocycles. The standard InChI is InChI=1S/C20H16Cl2N6O2/c21-14-2-1-3-15(22)17(14)28-10-30-18-13(19(28)29)9-25-20(27-18)26-12-6-11-7-23-5-4-16(11)24-8-12/h1-3,6,8-9,23H,4-5,7,10H2,(H,25,26,27). The molecule has 4 heterocycles. The van der Waals surface area contributed by atoms with Crippen LogP contribution in [0, 0.1) is 0 Å². The van der Waals surface area contributed by atoms with E-state index in [-0.39, 0.29) is 24.1 Å². The predicted molar refractivity (Wildman–Crippen MR) is 114 cm³/mol. The number of benzene rings is 1. The molecule has 0 saturated carbocycles. The minimum atomic E-state index is -0.334. The van der Waals surface area contributed by atoms with Crippen LogP contribution in [-0.2, 0) is 13.0 Å². The van der Waals surface area contributed by atoms with Gasteiger partial charge in [-0.25, -0.2) is 4.98 Å². The lowest BCUT2D eigenvalue weighted by Gasteiger charge is -2.29. The maximum atomic E-state index is 13.0. The third kappa shape index (κ3) is 3.43. The highest BCUT2D eigenvalue weighted by Gasteiger charge is 2.31. The number of pyridine rings is 1. The fraction of sp³-hybridized carbons (Fsp3) is 0.200. The maximum Gasteiger partial charge on any atom is 0.268 e. The number of fused-ring (bicyclic) bond motifs is 2. The van der Waals surface area contributed by atoms with Crippen LogP contribution < -0.4 is 20.3 Å². The number of ether oxygens (including phenoxy) is 1. The van der Waals surface area contributed by atoms with Gasteiger partial charge in [0, 0.05) is 31.4 Å². The van der Waals surface area contributed by atoms with Crippen LogP contribution in [0.3, 0.4) is 0 Å². The average Bonchev–Trinajstić information content (AvgIpc) is 2.75. The molecule has 3 aromatic rings. The number of amides is 1. The molecule has 8 nitrogen and oxygen atoms in total. The van der Waals surface area contributed by atoms with Crippen LogP contribution in [-0.4, -0.2) is 34.1 Å². The van der Waals surface area contributed by atoms with E-state index in [0.717, 1.165) is 36.5 Å². The normalized spacial score (nSPS) is 15.3. The fourth-order valence-corrected chi connectivity index (χ4v) is 4.07. The van der Waals surface area contributed by atoms with Gasteiger partial charge in [0.15, 0.2) is 6.73 Å². The van der Waals surface area contributed by atoms with E-state index in [0.29, 0.717) is 21.7 Å². The maximum absolute atomic E-state index is 13.0. The summed E-state index contributed by atoms with van der Waals surface area (Å²) in [5.74, 6) is 0.181. The Morgan fingerprint density at radius 3 is 2.83 bits per heavy atom. The molecule has 10 heteroatoms. The van der Waals surface area contributed by atoms with Gasteiger partial charge in [-0.2, -0.15) is 4.98 Å². The van der Waals surface area contributed by atoms with E-state index in [1.165, 1.54) is 11.1 Å². The first-order valence-corrected chi connectivity index (χ1v) is 10.1. The molecule has 2 N–H and O–H groups in total. The van der Waals surface area contributed by atoms with Crippen LogP contribution in [0.4, 0.5) is 17.3 Å². The van der Waals surface area contributed by atoms with Crippen molar-refractivity contribution in [2.24, 2.45) is 0 Å². The van der Waals surface area contributed by atoms with E-state index in [1.807, 2.05) is 6.07 Å². The van der Waals surface area contributed by atoms with Gasteiger partial charge < -0.3 is 15.4 Å². The number of carbonyl (C=O) groups is 1. The van der Waals surface area contributed by atoms with Crippen molar-refractivity contribution in [1.29, 1.82) is 0 Å². The van der Waals surface area contributed by atoms with Crippen LogP contribution in [0.25, 0.3) is 0 Å². The van der Waals surface area contributed by atoms with Gasteiger partial charge in [0.25, 0.3) is 5.91 Å². The summed E-state index contributed by atoms with van der Waals surface area (Å²) in [6, 6.07) is 7.06. The summed E-state index contributed by atoms with van der Waals surface area (Å²) in [5, 5.41) is 7.16. The second-order valence-corrected chi connectivity index (χ2v) is 7.69. The molecule has 0 saturated heterocycles. The van der Waals surface area contributed by atoms with Gasteiger partial charge >= 0.3 is 0 Å². The Balaban J connectivity index is 1.40. The number of para-hydroxylation sites is 1. The smallest absolute Gasteiger partial charge is 0.268 e. The first kappa shape index (κ1) is 19.0. The molecule has 5 rings (SSSR count). The molecule has 2 aliphatic rings. The van der Waals surface area contributed by atoms with E-state index in [1.54, 1.807) is 24.4 Å². The summed E-state index contributed by atoms with van der Waals surface area (Å²) >= 11 is 12.5. The molecular formula is C20H16Cl2N6O2. The zero-order valence-corrected chi connectivity index (χ0v) is 17.2. The van der Waals surface area contributed by atoms with Gasteiger partial charge in [-0.3, -0.25) is 14.7 Å². The Hall–Kier alpha value is -2.94. The van der Waals surface area contributed by atoms with Gasteiger partial charge in [0.05, 0.1) is 27.6 Å². The summed E-state index contributed by atoms with van der Waals surface area (Å²) in [5.41, 5.74) is 3.63. The van der Waals surface area contributed by atoms with Gasteiger partial charge in [0.1, 0.15) is 5.56 Å². The van der Waals surface area contributed by atoms with Crippen molar-refractivity contribution >= 4 is 46.4 Å². The van der Waals surface area contributed by atoms with Gasteiger partial charge in [0.2, 0.25) is 11.8 Å². The highest BCUT2D eigenvalue weighted by Crippen LogP contribution is 2.37. The van der Waals surface area contributed by atoms with E-state index in [4.69, 9.17) is 27.9 Å². The Morgan fingerprint density at radius 2 is 2.00 bits per heavy atom. The van der Waals surface area contributed by atoms with Crippen molar-refractivity contribution in [3.8, 4) is 5.88 Å². The summed E-state index contributed by atoms with van der Waals surface area (Å²) < 4.78 is 5.71. The number of carbonyl (C=O) groups excluding carboxylic acids is 1. The average molecular weight is 443 g/mol. The number of rotatable bonds is 3. The Labute approximate surface area is 182 Å². The molecule has 0 atom stereocenters. The molecule has 152 valence electrons. The second-order valence-electron chi connectivity index (χ2n) is 6.87. The van der Waals surface area contributed by atoms with Crippen LogP contribution in [0.1, 0.15) is 21.6 Å². The molecule has 0 fully saturated rings. The monoisotopic (exact) mass is 442 g/mol. The quantitative estimate of drug-likeness (QED) is 0.640. The third-order valence-corrected chi connectivity index (χ3v) is 5.55. The Morgan fingerprint density at radius 1 is 1.17 bits per heavy atom. The van der Waals surface area contributed by atoms with E-state index >= 15 is 0 Å². The van der Waals surface area contributed by atoms with Crippen LogP contribution in [0.15, 0.2) is 36.7 Å². The highest BCUT2D eigenvalue weighted by atomic mass is 35.5. The molecule has 30 heavy (non-hydrogen) atoms. The number of nitrogens with one attached hydrogen (secondary N) is 2. The van der Waals surface area contributed by atoms with Gasteiger partial charge in [-0.15, -0.1) is 0 Å².